The van der Waals surface area contributed by atoms with Crippen molar-refractivity contribution in [2.45, 2.75) is 18.9 Å². The number of hydrogen-bond acceptors (Lipinski definition) is 6. The Morgan fingerprint density at radius 2 is 2.00 bits per heavy atom. The maximum absolute atomic E-state index is 12.7. The molecule has 0 aliphatic heterocycles. The van der Waals surface area contributed by atoms with Gasteiger partial charge in [-0.3, -0.25) is 14.4 Å². The third-order valence-electron chi connectivity index (χ3n) is 3.87. The van der Waals surface area contributed by atoms with Gasteiger partial charge in [0, 0.05) is 11.1 Å². The number of nitrogens with zero attached hydrogens (tertiary/aromatic N) is 3. The Morgan fingerprint density at radius 1 is 1.15 bits per heavy atom. The molecular weight excluding hydrogens is 366 g/mol. The van der Waals surface area contributed by atoms with Crippen LogP contribution in [-0.2, 0) is 16.0 Å². The Hall–Kier alpha value is -3.33. The highest BCUT2D eigenvalue weighted by Gasteiger charge is 2.26. The topological polar surface area (TPSA) is 120 Å². The zero-order chi connectivity index (χ0) is 19.2. The number of pyridine rings is 1. The highest BCUT2D eigenvalue weighted by molar-refractivity contribution is 7.09. The number of carbonyl (C=O) groups is 3. The van der Waals surface area contributed by atoms with E-state index in [1.807, 2.05) is 17.5 Å². The van der Waals surface area contributed by atoms with Crippen molar-refractivity contribution in [3.63, 3.8) is 0 Å². The van der Waals surface area contributed by atoms with E-state index in [1.54, 1.807) is 24.4 Å². The number of rotatable bonds is 8. The number of nitrogens with one attached hydrogen (secondary N) is 1. The van der Waals surface area contributed by atoms with Crippen LogP contribution in [0.5, 0.6) is 0 Å². The summed E-state index contributed by atoms with van der Waals surface area (Å²) in [5.41, 5.74) is 5.34. The maximum atomic E-state index is 12.7. The summed E-state index contributed by atoms with van der Waals surface area (Å²) >= 11 is 1.54. The van der Waals surface area contributed by atoms with Gasteiger partial charge in [-0.25, -0.2) is 9.67 Å². The molecule has 3 aromatic rings. The number of aryl methyl sites for hydroxylation is 1. The molecule has 0 bridgehead atoms. The van der Waals surface area contributed by atoms with E-state index < -0.39 is 23.6 Å². The Bertz CT molecular complexity index is 937. The fourth-order valence-corrected chi connectivity index (χ4v) is 3.28. The number of thiophene rings is 1. The van der Waals surface area contributed by atoms with Gasteiger partial charge in [-0.05, 0) is 42.5 Å². The van der Waals surface area contributed by atoms with E-state index in [1.165, 1.54) is 28.3 Å². The summed E-state index contributed by atoms with van der Waals surface area (Å²) in [7, 11) is 0. The van der Waals surface area contributed by atoms with Crippen LogP contribution in [0.3, 0.4) is 0 Å². The second kappa shape index (κ2) is 8.37. The van der Waals surface area contributed by atoms with Gasteiger partial charge >= 0.3 is 0 Å². The average Bonchev–Trinajstić information content (AvgIpc) is 3.36. The highest BCUT2D eigenvalue weighted by atomic mass is 32.1. The van der Waals surface area contributed by atoms with Crippen LogP contribution in [0.2, 0.25) is 0 Å². The van der Waals surface area contributed by atoms with Gasteiger partial charge in [0.15, 0.2) is 5.82 Å². The summed E-state index contributed by atoms with van der Waals surface area (Å²) in [4.78, 5) is 41.4. The summed E-state index contributed by atoms with van der Waals surface area (Å²) in [6.07, 6.45) is 3.85. The van der Waals surface area contributed by atoms with Crippen LogP contribution >= 0.6 is 11.3 Å². The predicted octanol–water partition coefficient (Wildman–Crippen LogP) is 1.11. The molecule has 0 aromatic carbocycles. The molecule has 0 saturated carbocycles. The van der Waals surface area contributed by atoms with Gasteiger partial charge in [0.2, 0.25) is 5.78 Å². The highest BCUT2D eigenvalue weighted by Crippen LogP contribution is 2.13. The van der Waals surface area contributed by atoms with Crippen LogP contribution in [0, 0.1) is 0 Å². The van der Waals surface area contributed by atoms with Gasteiger partial charge in [0.05, 0.1) is 12.2 Å². The fraction of sp³-hybridized carbons (Fsp3) is 0.167. The number of carbonyl (C=O) groups excluding carboxylic acids is 3. The van der Waals surface area contributed by atoms with Crippen molar-refractivity contribution in [2.75, 3.05) is 0 Å². The maximum Gasteiger partial charge on any atom is 0.287 e. The smallest absolute Gasteiger partial charge is 0.287 e. The first kappa shape index (κ1) is 18.5. The minimum Gasteiger partial charge on any atom is -0.363 e. The van der Waals surface area contributed by atoms with Crippen molar-refractivity contribution in [3.8, 4) is 5.82 Å². The molecule has 0 aliphatic rings. The largest absolute Gasteiger partial charge is 0.363 e. The monoisotopic (exact) mass is 383 g/mol. The molecule has 0 fully saturated rings. The second-order valence-electron chi connectivity index (χ2n) is 5.69. The SMILES string of the molecule is NC(=O)C(=O)C(CCc1cccs1)NC(=O)c1ccnn1-c1ccccn1. The summed E-state index contributed by atoms with van der Waals surface area (Å²) in [5, 5.41) is 8.62. The number of nitrogens with two attached hydrogens (primary N) is 1. The summed E-state index contributed by atoms with van der Waals surface area (Å²) in [6, 6.07) is 9.54. The lowest BCUT2D eigenvalue weighted by atomic mass is 10.1. The molecule has 0 radical (unpaired) electrons. The van der Waals surface area contributed by atoms with E-state index >= 15 is 0 Å². The van der Waals surface area contributed by atoms with Crippen molar-refractivity contribution >= 4 is 28.9 Å². The Kier molecular flexibility index (Phi) is 5.72. The summed E-state index contributed by atoms with van der Waals surface area (Å²) in [6.45, 7) is 0. The first-order valence-electron chi connectivity index (χ1n) is 8.18. The van der Waals surface area contributed by atoms with Crippen molar-refractivity contribution in [2.24, 2.45) is 5.73 Å². The van der Waals surface area contributed by atoms with Gasteiger partial charge in [0.1, 0.15) is 5.69 Å². The molecule has 3 rings (SSSR count). The normalized spacial score (nSPS) is 11.7. The Morgan fingerprint density at radius 3 is 2.67 bits per heavy atom. The van der Waals surface area contributed by atoms with E-state index in [0.29, 0.717) is 12.2 Å². The lowest BCUT2D eigenvalue weighted by Gasteiger charge is -2.16. The van der Waals surface area contributed by atoms with Crippen LogP contribution < -0.4 is 11.1 Å². The molecule has 0 saturated heterocycles. The molecule has 27 heavy (non-hydrogen) atoms. The number of ketones is 1. The molecule has 3 N–H and O–H groups in total. The van der Waals surface area contributed by atoms with Gasteiger partial charge < -0.3 is 11.1 Å². The van der Waals surface area contributed by atoms with E-state index in [2.05, 4.69) is 15.4 Å². The average molecular weight is 383 g/mol. The molecule has 1 unspecified atom stereocenters. The number of primary amides is 1. The fourth-order valence-electron chi connectivity index (χ4n) is 2.55. The minimum absolute atomic E-state index is 0.201. The van der Waals surface area contributed by atoms with E-state index in [-0.39, 0.29) is 12.1 Å². The molecule has 0 spiro atoms. The molecule has 1 atom stereocenters. The molecule has 9 heteroatoms. The van der Waals surface area contributed by atoms with Gasteiger partial charge in [0.25, 0.3) is 11.8 Å². The van der Waals surface area contributed by atoms with Crippen molar-refractivity contribution in [3.05, 3.63) is 64.7 Å². The van der Waals surface area contributed by atoms with Crippen LogP contribution in [0.1, 0.15) is 21.8 Å². The lowest BCUT2D eigenvalue weighted by molar-refractivity contribution is -0.137. The van der Waals surface area contributed by atoms with Crippen molar-refractivity contribution in [1.82, 2.24) is 20.1 Å². The first-order chi connectivity index (χ1) is 13.1. The molecule has 138 valence electrons. The molecule has 2 amide bonds. The van der Waals surface area contributed by atoms with E-state index in [4.69, 9.17) is 5.73 Å². The van der Waals surface area contributed by atoms with E-state index in [0.717, 1.165) is 4.88 Å². The van der Waals surface area contributed by atoms with Gasteiger partial charge in [-0.1, -0.05) is 12.1 Å². The molecule has 3 heterocycles. The minimum atomic E-state index is -1.08. The quantitative estimate of drug-likeness (QED) is 0.565. The predicted molar refractivity (Wildman–Crippen MR) is 99.5 cm³/mol. The Balaban J connectivity index is 1.77. The molecule has 0 aliphatic carbocycles. The summed E-state index contributed by atoms with van der Waals surface area (Å²) < 4.78 is 1.36. The first-order valence-corrected chi connectivity index (χ1v) is 9.06. The van der Waals surface area contributed by atoms with Gasteiger partial charge in [-0.2, -0.15) is 5.10 Å². The van der Waals surface area contributed by atoms with Crippen molar-refractivity contribution in [1.29, 1.82) is 0 Å². The molecule has 8 nitrogen and oxygen atoms in total. The third-order valence-corrected chi connectivity index (χ3v) is 4.80. The van der Waals surface area contributed by atoms with Crippen LogP contribution in [-0.4, -0.2) is 38.4 Å². The number of aromatic nitrogens is 3. The molecular formula is C18H17N5O3S. The zero-order valence-corrected chi connectivity index (χ0v) is 15.1. The van der Waals surface area contributed by atoms with Crippen LogP contribution in [0.4, 0.5) is 0 Å². The van der Waals surface area contributed by atoms with Crippen molar-refractivity contribution < 1.29 is 14.4 Å². The van der Waals surface area contributed by atoms with Gasteiger partial charge in [-0.15, -0.1) is 11.3 Å². The van der Waals surface area contributed by atoms with Crippen LogP contribution in [0.15, 0.2) is 54.2 Å². The number of amides is 2. The standard InChI is InChI=1S/C18H17N5O3S/c19-17(25)16(24)13(7-6-12-4-3-11-27-12)22-18(26)14-8-10-21-23(14)15-5-1-2-9-20-15/h1-5,8-11,13H,6-7H2,(H2,19,25)(H,22,26). The third kappa shape index (κ3) is 4.45. The zero-order valence-electron chi connectivity index (χ0n) is 14.2. The number of hydrogen-bond donors (Lipinski definition) is 2. The second-order valence-corrected chi connectivity index (χ2v) is 6.72. The van der Waals surface area contributed by atoms with E-state index in [9.17, 15) is 14.4 Å². The Labute approximate surface area is 159 Å². The number of Topliss-reactive ketones (excluding diaryl/α,β-unsaturated/α-hetero) is 1. The molecule has 3 aromatic heterocycles. The van der Waals surface area contributed by atoms with Crippen LogP contribution in [0.25, 0.3) is 5.82 Å². The lowest BCUT2D eigenvalue weighted by Crippen LogP contribution is -2.46. The summed E-state index contributed by atoms with van der Waals surface area (Å²) in [5.74, 6) is -1.98.